The third kappa shape index (κ3) is 1.96. The van der Waals surface area contributed by atoms with Crippen molar-refractivity contribution in [3.63, 3.8) is 0 Å². The van der Waals surface area contributed by atoms with E-state index in [0.29, 0.717) is 18.7 Å². The summed E-state index contributed by atoms with van der Waals surface area (Å²) in [5.74, 6) is -0.987. The lowest BCUT2D eigenvalue weighted by atomic mass is 9.93. The Morgan fingerprint density at radius 2 is 2.21 bits per heavy atom. The Morgan fingerprint density at radius 1 is 1.42 bits per heavy atom. The highest BCUT2D eigenvalue weighted by Gasteiger charge is 2.32. The summed E-state index contributed by atoms with van der Waals surface area (Å²) in [5, 5.41) is 5.04. The molecule has 98 valence electrons. The number of ether oxygens (including phenoxy) is 1. The first-order valence-electron chi connectivity index (χ1n) is 6.25. The molecule has 2 aromatic rings. The quantitative estimate of drug-likeness (QED) is 0.603. The Balaban J connectivity index is 2.04. The van der Waals surface area contributed by atoms with E-state index in [-0.39, 0.29) is 18.2 Å². The summed E-state index contributed by atoms with van der Waals surface area (Å²) in [5.41, 5.74) is 1.25. The van der Waals surface area contributed by atoms with E-state index in [1.807, 2.05) is 24.3 Å². The molecule has 1 fully saturated rings. The number of ketones is 2. The summed E-state index contributed by atoms with van der Waals surface area (Å²) < 4.78 is 6.90. The number of aromatic nitrogens is 2. The van der Waals surface area contributed by atoms with Crippen LogP contribution in [-0.2, 0) is 16.6 Å². The zero-order valence-electron chi connectivity index (χ0n) is 10.6. The molecule has 19 heavy (non-hydrogen) atoms. The molecule has 1 saturated heterocycles. The number of hydrogen-bond donors (Lipinski definition) is 0. The number of fused-ring (bicyclic) bond motifs is 1. The van der Waals surface area contributed by atoms with E-state index in [1.54, 1.807) is 11.7 Å². The summed E-state index contributed by atoms with van der Waals surface area (Å²) in [6.07, 6.45) is 0.307. The van der Waals surface area contributed by atoms with Crippen molar-refractivity contribution < 1.29 is 14.3 Å². The maximum atomic E-state index is 12.5. The van der Waals surface area contributed by atoms with E-state index >= 15 is 0 Å². The molecule has 0 spiro atoms. The van der Waals surface area contributed by atoms with Crippen molar-refractivity contribution in [2.24, 2.45) is 13.0 Å². The molecule has 1 atom stereocenters. The van der Waals surface area contributed by atoms with Gasteiger partial charge < -0.3 is 4.74 Å². The number of benzene rings is 1. The van der Waals surface area contributed by atoms with Gasteiger partial charge in [-0.2, -0.15) is 5.10 Å². The van der Waals surface area contributed by atoms with Gasteiger partial charge in [0.25, 0.3) is 0 Å². The molecule has 0 bridgehead atoms. The lowest BCUT2D eigenvalue weighted by Crippen LogP contribution is -2.34. The third-order valence-corrected chi connectivity index (χ3v) is 3.47. The van der Waals surface area contributed by atoms with Crippen LogP contribution in [0.3, 0.4) is 0 Å². The van der Waals surface area contributed by atoms with Crippen LogP contribution in [0.5, 0.6) is 0 Å². The third-order valence-electron chi connectivity index (χ3n) is 3.47. The number of rotatable bonds is 2. The van der Waals surface area contributed by atoms with E-state index in [1.165, 1.54) is 0 Å². The van der Waals surface area contributed by atoms with Crippen molar-refractivity contribution in [2.45, 2.75) is 6.42 Å². The van der Waals surface area contributed by atoms with Crippen molar-refractivity contribution >= 4 is 22.5 Å². The minimum absolute atomic E-state index is 0.0500. The van der Waals surface area contributed by atoms with E-state index in [4.69, 9.17) is 4.74 Å². The molecule has 5 nitrogen and oxygen atoms in total. The molecule has 1 unspecified atom stereocenters. The fourth-order valence-electron chi connectivity index (χ4n) is 2.42. The molecule has 1 aromatic carbocycles. The summed E-state index contributed by atoms with van der Waals surface area (Å²) >= 11 is 0. The highest BCUT2D eigenvalue weighted by atomic mass is 16.5. The first-order valence-corrected chi connectivity index (χ1v) is 6.25. The second-order valence-electron chi connectivity index (χ2n) is 4.70. The van der Waals surface area contributed by atoms with Crippen LogP contribution in [0.15, 0.2) is 24.3 Å². The molecule has 0 radical (unpaired) electrons. The maximum absolute atomic E-state index is 12.5. The molecule has 3 rings (SSSR count). The number of Topliss-reactive ketones (excluding diaryl/α,β-unsaturated/α-hetero) is 2. The molecule has 1 aromatic heterocycles. The van der Waals surface area contributed by atoms with Gasteiger partial charge >= 0.3 is 0 Å². The van der Waals surface area contributed by atoms with Gasteiger partial charge in [0.15, 0.2) is 5.78 Å². The Bertz CT molecular complexity index is 660. The second kappa shape index (κ2) is 4.59. The second-order valence-corrected chi connectivity index (χ2v) is 4.70. The highest BCUT2D eigenvalue weighted by Crippen LogP contribution is 2.22. The van der Waals surface area contributed by atoms with E-state index in [9.17, 15) is 9.59 Å². The molecule has 5 heteroatoms. The molecular formula is C14H14N2O3. The average Bonchev–Trinajstić information content (AvgIpc) is 2.77. The highest BCUT2D eigenvalue weighted by molar-refractivity contribution is 6.15. The number of para-hydroxylation sites is 1. The van der Waals surface area contributed by atoms with Crippen LogP contribution in [0.25, 0.3) is 10.9 Å². The number of carbonyl (C=O) groups is 2. The van der Waals surface area contributed by atoms with Gasteiger partial charge in [-0.1, -0.05) is 18.2 Å². The summed E-state index contributed by atoms with van der Waals surface area (Å²) in [6.45, 7) is 0.578. The molecule has 0 aliphatic carbocycles. The van der Waals surface area contributed by atoms with Crippen LogP contribution < -0.4 is 0 Å². The average molecular weight is 258 g/mol. The molecular weight excluding hydrogens is 244 g/mol. The van der Waals surface area contributed by atoms with Gasteiger partial charge in [-0.25, -0.2) is 0 Å². The normalized spacial score (nSPS) is 19.8. The van der Waals surface area contributed by atoms with Crippen LogP contribution in [0.2, 0.25) is 0 Å². The van der Waals surface area contributed by atoms with Crippen molar-refractivity contribution in [3.8, 4) is 0 Å². The summed E-state index contributed by atoms with van der Waals surface area (Å²) in [7, 11) is 1.79. The maximum Gasteiger partial charge on any atom is 0.196 e. The summed E-state index contributed by atoms with van der Waals surface area (Å²) in [6, 6.07) is 7.51. The fraction of sp³-hybridized carbons (Fsp3) is 0.357. The SMILES string of the molecule is Cn1nc(C(=O)C2COCCC2=O)c2ccccc21. The number of nitrogens with zero attached hydrogens (tertiary/aromatic N) is 2. The van der Waals surface area contributed by atoms with Gasteiger partial charge in [-0.15, -0.1) is 0 Å². The number of carbonyl (C=O) groups excluding carboxylic acids is 2. The Kier molecular flexibility index (Phi) is 2.91. The van der Waals surface area contributed by atoms with Crippen LogP contribution in [-0.4, -0.2) is 34.6 Å². The molecule has 1 aliphatic heterocycles. The zero-order chi connectivity index (χ0) is 13.4. The number of hydrogen-bond acceptors (Lipinski definition) is 4. The monoisotopic (exact) mass is 258 g/mol. The van der Waals surface area contributed by atoms with Gasteiger partial charge in [0.05, 0.1) is 18.7 Å². The minimum Gasteiger partial charge on any atom is -0.380 e. The van der Waals surface area contributed by atoms with E-state index in [2.05, 4.69) is 5.10 Å². The first kappa shape index (κ1) is 12.0. The van der Waals surface area contributed by atoms with Gasteiger partial charge in [0.2, 0.25) is 0 Å². The van der Waals surface area contributed by atoms with Crippen LogP contribution >= 0.6 is 0 Å². The Morgan fingerprint density at radius 3 is 3.00 bits per heavy atom. The van der Waals surface area contributed by atoms with Crippen molar-refractivity contribution in [2.75, 3.05) is 13.2 Å². The van der Waals surface area contributed by atoms with Crippen molar-refractivity contribution in [1.82, 2.24) is 9.78 Å². The van der Waals surface area contributed by atoms with Gasteiger partial charge in [-0.05, 0) is 6.07 Å². The van der Waals surface area contributed by atoms with E-state index < -0.39 is 5.92 Å². The predicted octanol–water partition coefficient (Wildman–Crippen LogP) is 1.36. The van der Waals surface area contributed by atoms with Crippen LogP contribution in [0.4, 0.5) is 0 Å². The fourth-order valence-corrected chi connectivity index (χ4v) is 2.42. The Hall–Kier alpha value is -2.01. The lowest BCUT2D eigenvalue weighted by molar-refractivity contribution is -0.128. The molecule has 0 N–H and O–H groups in total. The number of aryl methyl sites for hydroxylation is 1. The summed E-state index contributed by atoms with van der Waals surface area (Å²) in [4.78, 5) is 24.3. The molecule has 0 saturated carbocycles. The van der Waals surface area contributed by atoms with Gasteiger partial charge in [0, 0.05) is 18.9 Å². The van der Waals surface area contributed by atoms with Gasteiger partial charge in [-0.3, -0.25) is 14.3 Å². The zero-order valence-corrected chi connectivity index (χ0v) is 10.6. The van der Waals surface area contributed by atoms with Crippen molar-refractivity contribution in [1.29, 1.82) is 0 Å². The smallest absolute Gasteiger partial charge is 0.196 e. The van der Waals surface area contributed by atoms with Gasteiger partial charge in [0.1, 0.15) is 17.4 Å². The van der Waals surface area contributed by atoms with Crippen LogP contribution in [0.1, 0.15) is 16.9 Å². The molecule has 0 amide bonds. The van der Waals surface area contributed by atoms with E-state index in [0.717, 1.165) is 10.9 Å². The minimum atomic E-state index is -0.702. The van der Waals surface area contributed by atoms with Crippen LogP contribution in [0, 0.1) is 5.92 Å². The lowest BCUT2D eigenvalue weighted by Gasteiger charge is -2.18. The van der Waals surface area contributed by atoms with Crippen molar-refractivity contribution in [3.05, 3.63) is 30.0 Å². The molecule has 2 heterocycles. The first-order chi connectivity index (χ1) is 9.18. The standard InChI is InChI=1S/C14H14N2O3/c1-16-11-5-3-2-4-9(11)13(15-16)14(18)10-8-19-7-6-12(10)17/h2-5,10H,6-8H2,1H3. The predicted molar refractivity (Wildman–Crippen MR) is 69.0 cm³/mol. The Labute approximate surface area is 110 Å². The topological polar surface area (TPSA) is 61.2 Å². The molecule has 1 aliphatic rings. The largest absolute Gasteiger partial charge is 0.380 e.